The van der Waals surface area contributed by atoms with Gasteiger partial charge in [-0.25, -0.2) is 4.83 Å². The number of aromatic carboxylic acids is 1. The molecule has 0 bridgehead atoms. The molecule has 162 valence electrons. The van der Waals surface area contributed by atoms with E-state index in [1.807, 2.05) is 48.7 Å². The highest BCUT2D eigenvalue weighted by atomic mass is 32.2. The number of benzene rings is 3. The number of carbonyl (C=O) groups excluding carboxylic acids is 1. The average Bonchev–Trinajstić information content (AvgIpc) is 3.06. The van der Waals surface area contributed by atoms with Crippen molar-refractivity contribution < 1.29 is 18.3 Å². The van der Waals surface area contributed by atoms with E-state index in [0.29, 0.717) is 0 Å². The number of aromatic nitrogens is 1. The maximum atomic E-state index is 12.6. The molecule has 0 atom stereocenters. The van der Waals surface area contributed by atoms with Crippen molar-refractivity contribution in [2.24, 2.45) is 5.10 Å². The Balaban J connectivity index is 1.57. The van der Waals surface area contributed by atoms with Crippen LogP contribution in [0.15, 0.2) is 82.8 Å². The number of nitrogens with zero attached hydrogens (tertiary/aromatic N) is 2. The summed E-state index contributed by atoms with van der Waals surface area (Å²) in [5.74, 6) is -1.23. The van der Waals surface area contributed by atoms with Crippen molar-refractivity contribution in [2.75, 3.05) is 0 Å². The second kappa shape index (κ2) is 8.32. The minimum atomic E-state index is -3.82. The zero-order valence-corrected chi connectivity index (χ0v) is 18.3. The van der Waals surface area contributed by atoms with Crippen LogP contribution in [-0.4, -0.2) is 25.2 Å². The number of carbonyl (C=O) groups is 1. The van der Waals surface area contributed by atoms with Crippen molar-refractivity contribution in [3.63, 3.8) is 0 Å². The summed E-state index contributed by atoms with van der Waals surface area (Å²) >= 11 is 0. The summed E-state index contributed by atoms with van der Waals surface area (Å²) in [7, 11) is -3.82. The lowest BCUT2D eigenvalue weighted by Crippen LogP contribution is -2.22. The Kier molecular flexibility index (Phi) is 5.54. The van der Waals surface area contributed by atoms with E-state index in [1.54, 1.807) is 30.3 Å². The predicted molar refractivity (Wildman–Crippen MR) is 121 cm³/mol. The molecule has 7 nitrogen and oxygen atoms in total. The summed E-state index contributed by atoms with van der Waals surface area (Å²) in [6.45, 7) is 3.77. The van der Waals surface area contributed by atoms with Crippen LogP contribution in [0.4, 0.5) is 0 Å². The number of nitrogens with one attached hydrogen (secondary N) is 1. The summed E-state index contributed by atoms with van der Waals surface area (Å²) in [5.41, 5.74) is 3.33. The Morgan fingerprint density at radius 3 is 2.34 bits per heavy atom. The number of hydrogen-bond acceptors (Lipinski definition) is 5. The van der Waals surface area contributed by atoms with E-state index in [4.69, 9.17) is 0 Å². The van der Waals surface area contributed by atoms with Crippen molar-refractivity contribution >= 4 is 33.0 Å². The molecule has 32 heavy (non-hydrogen) atoms. The van der Waals surface area contributed by atoms with Crippen LogP contribution in [0.1, 0.15) is 27.3 Å². The third-order valence-corrected chi connectivity index (χ3v) is 6.46. The summed E-state index contributed by atoms with van der Waals surface area (Å²) in [6.07, 6.45) is 1.45. The van der Waals surface area contributed by atoms with E-state index in [-0.39, 0.29) is 10.5 Å². The number of sulfonamides is 1. The Morgan fingerprint density at radius 2 is 1.66 bits per heavy atom. The van der Waals surface area contributed by atoms with Gasteiger partial charge in [-0.3, -0.25) is 0 Å². The lowest BCUT2D eigenvalue weighted by atomic mass is 10.1. The normalized spacial score (nSPS) is 11.8. The van der Waals surface area contributed by atoms with Gasteiger partial charge in [-0.05, 0) is 60.5 Å². The van der Waals surface area contributed by atoms with Gasteiger partial charge in [0.2, 0.25) is 0 Å². The number of hydrogen-bond donors (Lipinski definition) is 1. The van der Waals surface area contributed by atoms with Gasteiger partial charge in [0, 0.05) is 22.6 Å². The molecule has 1 aromatic heterocycles. The van der Waals surface area contributed by atoms with Crippen LogP contribution in [0.3, 0.4) is 0 Å². The first-order chi connectivity index (χ1) is 15.3. The standard InChI is InChI=1S/C24H21N3O4S/c1-16-13-21(17(2)27(16)22-10-7-19(8-11-22)24(28)29)15-25-26-32(30,31)23-12-9-18-5-3-4-6-20(18)14-23/h3-15,26H,1-2H3,(H,28,29)/p-1/b25-15-. The maximum Gasteiger partial charge on any atom is 0.276 e. The largest absolute Gasteiger partial charge is 0.545 e. The van der Waals surface area contributed by atoms with E-state index in [0.717, 1.165) is 33.4 Å². The highest BCUT2D eigenvalue weighted by molar-refractivity contribution is 7.89. The molecule has 0 aliphatic carbocycles. The third-order valence-electron chi connectivity index (χ3n) is 5.24. The summed E-state index contributed by atoms with van der Waals surface area (Å²) in [6, 6.07) is 20.6. The molecule has 0 fully saturated rings. The summed E-state index contributed by atoms with van der Waals surface area (Å²) in [4.78, 5) is 13.4. The van der Waals surface area contributed by atoms with Crippen molar-refractivity contribution in [3.05, 3.63) is 95.3 Å². The summed E-state index contributed by atoms with van der Waals surface area (Å²) < 4.78 is 27.2. The number of hydrazone groups is 1. The van der Waals surface area contributed by atoms with Gasteiger partial charge in [-0.1, -0.05) is 42.5 Å². The number of aryl methyl sites for hydroxylation is 1. The topological polar surface area (TPSA) is 104 Å². The second-order valence-electron chi connectivity index (χ2n) is 7.36. The van der Waals surface area contributed by atoms with Crippen molar-refractivity contribution in [3.8, 4) is 5.69 Å². The molecule has 0 saturated carbocycles. The van der Waals surface area contributed by atoms with E-state index in [9.17, 15) is 18.3 Å². The first-order valence-corrected chi connectivity index (χ1v) is 11.3. The Hall–Kier alpha value is -3.91. The molecule has 0 amide bonds. The Morgan fingerprint density at radius 1 is 0.969 bits per heavy atom. The van der Waals surface area contributed by atoms with Crippen LogP contribution in [0, 0.1) is 13.8 Å². The lowest BCUT2D eigenvalue weighted by Gasteiger charge is -2.11. The van der Waals surface area contributed by atoms with Gasteiger partial charge in [-0.15, -0.1) is 0 Å². The fourth-order valence-corrected chi connectivity index (χ4v) is 4.44. The number of carboxylic acid groups (broad SMARTS) is 1. The molecule has 0 radical (unpaired) electrons. The smallest absolute Gasteiger partial charge is 0.276 e. The van der Waals surface area contributed by atoms with Gasteiger partial charge in [0.25, 0.3) is 10.0 Å². The molecule has 4 rings (SSSR count). The average molecular weight is 447 g/mol. The van der Waals surface area contributed by atoms with Crippen molar-refractivity contribution in [1.29, 1.82) is 0 Å². The highest BCUT2D eigenvalue weighted by Crippen LogP contribution is 2.21. The fraction of sp³-hybridized carbons (Fsp3) is 0.0833. The Labute approximate surface area is 185 Å². The SMILES string of the molecule is Cc1cc(/C=N\NS(=O)(=O)c2ccc3ccccc3c2)c(C)n1-c1ccc(C(=O)[O-])cc1. The monoisotopic (exact) mass is 446 g/mol. The molecule has 0 aliphatic rings. The molecule has 4 aromatic rings. The third kappa shape index (κ3) is 4.13. The number of rotatable bonds is 6. The molecule has 0 spiro atoms. The van der Waals surface area contributed by atoms with Crippen molar-refractivity contribution in [2.45, 2.75) is 18.7 Å². The van der Waals surface area contributed by atoms with E-state index >= 15 is 0 Å². The van der Waals surface area contributed by atoms with E-state index in [2.05, 4.69) is 9.93 Å². The minimum Gasteiger partial charge on any atom is -0.545 e. The summed E-state index contributed by atoms with van der Waals surface area (Å²) in [5, 5.41) is 16.7. The zero-order valence-electron chi connectivity index (χ0n) is 17.4. The lowest BCUT2D eigenvalue weighted by molar-refractivity contribution is -0.255. The van der Waals surface area contributed by atoms with Crippen LogP contribution in [-0.2, 0) is 10.0 Å². The molecular formula is C24H20N3O4S-. The van der Waals surface area contributed by atoms with Crippen LogP contribution in [0.2, 0.25) is 0 Å². The quantitative estimate of drug-likeness (QED) is 0.363. The van der Waals surface area contributed by atoms with Gasteiger partial charge in [0.05, 0.1) is 17.1 Å². The molecule has 0 aliphatic heterocycles. The molecular weight excluding hydrogens is 426 g/mol. The first kappa shape index (κ1) is 21.3. The van der Waals surface area contributed by atoms with Gasteiger partial charge >= 0.3 is 0 Å². The van der Waals surface area contributed by atoms with Gasteiger partial charge < -0.3 is 14.5 Å². The molecule has 0 unspecified atom stereocenters. The predicted octanol–water partition coefficient (Wildman–Crippen LogP) is 2.92. The fourth-order valence-electron chi connectivity index (χ4n) is 3.61. The second-order valence-corrected chi connectivity index (χ2v) is 9.02. The number of carboxylic acids is 1. The minimum absolute atomic E-state index is 0.0982. The highest BCUT2D eigenvalue weighted by Gasteiger charge is 2.14. The van der Waals surface area contributed by atoms with Gasteiger partial charge in [-0.2, -0.15) is 13.5 Å². The van der Waals surface area contributed by atoms with Crippen LogP contribution in [0.25, 0.3) is 16.5 Å². The number of fused-ring (bicyclic) bond motifs is 1. The van der Waals surface area contributed by atoms with Crippen molar-refractivity contribution in [1.82, 2.24) is 9.40 Å². The molecule has 8 heteroatoms. The van der Waals surface area contributed by atoms with Crippen LogP contribution < -0.4 is 9.94 Å². The van der Waals surface area contributed by atoms with Gasteiger partial charge in [0.15, 0.2) is 0 Å². The van der Waals surface area contributed by atoms with E-state index < -0.39 is 16.0 Å². The zero-order chi connectivity index (χ0) is 22.9. The van der Waals surface area contributed by atoms with Crippen LogP contribution in [0.5, 0.6) is 0 Å². The van der Waals surface area contributed by atoms with E-state index in [1.165, 1.54) is 18.3 Å². The molecule has 1 heterocycles. The van der Waals surface area contributed by atoms with Crippen LogP contribution >= 0.6 is 0 Å². The van der Waals surface area contributed by atoms with Gasteiger partial charge in [0.1, 0.15) is 0 Å². The molecule has 1 N–H and O–H groups in total. The molecule has 3 aromatic carbocycles. The first-order valence-electron chi connectivity index (χ1n) is 9.81. The Bertz CT molecular complexity index is 1450. The maximum absolute atomic E-state index is 12.6. The molecule has 0 saturated heterocycles.